The summed E-state index contributed by atoms with van der Waals surface area (Å²) in [4.78, 5) is 17.3. The van der Waals surface area contributed by atoms with Gasteiger partial charge in [-0.1, -0.05) is 54.6 Å². The predicted octanol–water partition coefficient (Wildman–Crippen LogP) is 6.59. The van der Waals surface area contributed by atoms with E-state index in [0.717, 1.165) is 11.1 Å². The highest BCUT2D eigenvalue weighted by Gasteiger charge is 2.28. The van der Waals surface area contributed by atoms with Crippen LogP contribution in [0.25, 0.3) is 37.9 Å². The van der Waals surface area contributed by atoms with Crippen LogP contribution in [0.1, 0.15) is 10.4 Å². The fourth-order valence-corrected chi connectivity index (χ4v) is 4.07. The molecule has 3 nitrogen and oxygen atoms in total. The summed E-state index contributed by atoms with van der Waals surface area (Å²) >= 11 is 0. The first kappa shape index (κ1) is 18.0. The van der Waals surface area contributed by atoms with Gasteiger partial charge in [-0.15, -0.1) is 0 Å². The van der Waals surface area contributed by atoms with Crippen LogP contribution in [0.5, 0.6) is 0 Å². The van der Waals surface area contributed by atoms with Crippen molar-refractivity contribution in [2.75, 3.05) is 11.9 Å². The van der Waals surface area contributed by atoms with Crippen molar-refractivity contribution >= 4 is 28.1 Å². The molecule has 0 N–H and O–H groups in total. The Balaban J connectivity index is 1.69. The molecule has 0 atom stereocenters. The second kappa shape index (κ2) is 6.50. The number of anilines is 1. The second-order valence-corrected chi connectivity index (χ2v) is 7.17. The third-order valence-corrected chi connectivity index (χ3v) is 5.59. The number of nitrogens with zero attached hydrogens (tertiary/aromatic N) is 2. The third kappa shape index (κ3) is 2.44. The number of hydrogen-bond donors (Lipinski definition) is 0. The largest absolute Gasteiger partial charge is 0.311 e. The number of rotatable bonds is 2. The summed E-state index contributed by atoms with van der Waals surface area (Å²) in [5.41, 5.74) is 3.05. The molecule has 0 saturated carbocycles. The van der Waals surface area contributed by atoms with E-state index in [0.29, 0.717) is 27.8 Å². The van der Waals surface area contributed by atoms with E-state index in [1.54, 1.807) is 72.6 Å². The number of hydrogen-bond acceptors (Lipinski definition) is 1. The summed E-state index contributed by atoms with van der Waals surface area (Å²) in [5.74, 6) is -2.00. The van der Waals surface area contributed by atoms with E-state index >= 15 is 8.78 Å². The topological polar surface area (TPSA) is 24.7 Å². The van der Waals surface area contributed by atoms with Crippen molar-refractivity contribution in [2.24, 2.45) is 0 Å². The Morgan fingerprint density at radius 2 is 1.47 bits per heavy atom. The minimum atomic E-state index is -0.945. The van der Waals surface area contributed by atoms with Crippen molar-refractivity contribution in [3.63, 3.8) is 0 Å². The van der Waals surface area contributed by atoms with Gasteiger partial charge in [0.05, 0.1) is 12.3 Å². The minimum Gasteiger partial charge on any atom is -0.311 e. The fourth-order valence-electron chi connectivity index (χ4n) is 4.07. The van der Waals surface area contributed by atoms with E-state index in [2.05, 4.69) is 4.85 Å². The molecule has 0 saturated heterocycles. The van der Waals surface area contributed by atoms with Gasteiger partial charge >= 0.3 is 0 Å². The van der Waals surface area contributed by atoms with Gasteiger partial charge in [0, 0.05) is 29.1 Å². The highest BCUT2D eigenvalue weighted by atomic mass is 19.2. The molecule has 1 amide bonds. The molecule has 0 aliphatic carbocycles. The summed E-state index contributed by atoms with van der Waals surface area (Å²) in [6.45, 7) is 7.01. The highest BCUT2D eigenvalue weighted by molar-refractivity contribution is 6.26. The number of carbonyl (C=O) groups is 1. The number of benzene rings is 4. The first-order valence-corrected chi connectivity index (χ1v) is 9.31. The van der Waals surface area contributed by atoms with Crippen LogP contribution < -0.4 is 4.90 Å². The Morgan fingerprint density at radius 3 is 2.20 bits per heavy atom. The first-order valence-electron chi connectivity index (χ1n) is 9.31. The van der Waals surface area contributed by atoms with Crippen molar-refractivity contribution < 1.29 is 13.6 Å². The summed E-state index contributed by atoms with van der Waals surface area (Å²) in [6.07, 6.45) is 0. The lowest BCUT2D eigenvalue weighted by molar-refractivity contribution is 0.0999. The van der Waals surface area contributed by atoms with Crippen molar-refractivity contribution in [2.45, 2.75) is 0 Å². The lowest BCUT2D eigenvalue weighted by Crippen LogP contribution is -2.20. The van der Waals surface area contributed by atoms with Crippen molar-refractivity contribution in [1.82, 2.24) is 0 Å². The van der Waals surface area contributed by atoms with Crippen LogP contribution in [0.15, 0.2) is 66.7 Å². The molecule has 144 valence electrons. The van der Waals surface area contributed by atoms with E-state index in [9.17, 15) is 4.79 Å². The van der Waals surface area contributed by atoms with E-state index in [-0.39, 0.29) is 17.0 Å². The van der Waals surface area contributed by atoms with Gasteiger partial charge < -0.3 is 4.90 Å². The van der Waals surface area contributed by atoms with E-state index in [4.69, 9.17) is 6.57 Å². The molecule has 5 rings (SSSR count). The number of carbonyl (C=O) groups excluding carboxylic acids is 1. The van der Waals surface area contributed by atoms with Crippen LogP contribution in [0.4, 0.5) is 20.2 Å². The Hall–Kier alpha value is -4.04. The van der Waals surface area contributed by atoms with Crippen molar-refractivity contribution in [1.29, 1.82) is 0 Å². The van der Waals surface area contributed by atoms with Gasteiger partial charge in [-0.2, -0.15) is 0 Å². The monoisotopic (exact) mass is 396 g/mol. The van der Waals surface area contributed by atoms with Crippen molar-refractivity contribution in [3.05, 3.63) is 95.3 Å². The molecule has 4 aromatic carbocycles. The average Bonchev–Trinajstić information content (AvgIpc) is 3.03. The Kier molecular flexibility index (Phi) is 3.90. The highest BCUT2D eigenvalue weighted by Crippen LogP contribution is 2.42. The van der Waals surface area contributed by atoms with E-state index in [1.807, 2.05) is 6.07 Å². The van der Waals surface area contributed by atoms with Crippen LogP contribution >= 0.6 is 0 Å². The number of halogens is 2. The van der Waals surface area contributed by atoms with Crippen LogP contribution in [0.2, 0.25) is 0 Å². The van der Waals surface area contributed by atoms with Crippen LogP contribution in [0.3, 0.4) is 0 Å². The van der Waals surface area contributed by atoms with Crippen LogP contribution in [0, 0.1) is 18.2 Å². The molecule has 4 aromatic rings. The quantitative estimate of drug-likeness (QED) is 0.351. The molecule has 1 aliphatic heterocycles. The van der Waals surface area contributed by atoms with E-state index < -0.39 is 11.6 Å². The first-order chi connectivity index (χ1) is 14.5. The van der Waals surface area contributed by atoms with Gasteiger partial charge in [0.25, 0.3) is 5.91 Å². The summed E-state index contributed by atoms with van der Waals surface area (Å²) < 4.78 is 30.2. The maximum Gasteiger partial charge on any atom is 0.258 e. The summed E-state index contributed by atoms with van der Waals surface area (Å²) in [6, 6.07) is 18.3. The van der Waals surface area contributed by atoms with Gasteiger partial charge in [0.2, 0.25) is 0 Å². The van der Waals surface area contributed by atoms with Crippen LogP contribution in [-0.4, -0.2) is 13.0 Å². The predicted molar refractivity (Wildman–Crippen MR) is 114 cm³/mol. The molecule has 5 heteroatoms. The fraction of sp³-hybridized carbons (Fsp3) is 0.0400. The van der Waals surface area contributed by atoms with E-state index in [1.165, 1.54) is 0 Å². The lowest BCUT2D eigenvalue weighted by atomic mass is 9.93. The molecular formula is C25H14F2N2O. The van der Waals surface area contributed by atoms with Crippen LogP contribution in [-0.2, 0) is 0 Å². The zero-order chi connectivity index (χ0) is 21.0. The van der Waals surface area contributed by atoms with Crippen molar-refractivity contribution in [3.8, 4) is 22.3 Å². The maximum atomic E-state index is 15.2. The third-order valence-electron chi connectivity index (χ3n) is 5.59. The summed E-state index contributed by atoms with van der Waals surface area (Å²) in [5, 5.41) is 1.45. The second-order valence-electron chi connectivity index (χ2n) is 7.17. The van der Waals surface area contributed by atoms with Gasteiger partial charge in [-0.05, 0) is 28.6 Å². The molecule has 30 heavy (non-hydrogen) atoms. The molecule has 1 heterocycles. The molecule has 0 spiro atoms. The Labute approximate surface area is 171 Å². The average molecular weight is 396 g/mol. The Bertz CT molecular complexity index is 1400. The molecule has 0 radical (unpaired) electrons. The lowest BCUT2D eigenvalue weighted by Gasteiger charge is -2.14. The zero-order valence-corrected chi connectivity index (χ0v) is 15.9. The molecule has 0 unspecified atom stereocenters. The summed E-state index contributed by atoms with van der Waals surface area (Å²) in [7, 11) is 1.70. The van der Waals surface area contributed by atoms with Gasteiger partial charge in [0.15, 0.2) is 17.3 Å². The maximum absolute atomic E-state index is 15.2. The molecule has 0 bridgehead atoms. The molecular weight excluding hydrogens is 382 g/mol. The zero-order valence-electron chi connectivity index (χ0n) is 15.9. The normalized spacial score (nSPS) is 12.5. The minimum absolute atomic E-state index is 0.113. The molecule has 0 aromatic heterocycles. The Morgan fingerprint density at radius 1 is 0.800 bits per heavy atom. The standard InChI is InChI=1S/C25H14F2N2O/c1-28-15-8-6-14(7-9-15)16-10-11-19(24(27)23(16)26)17-12-13-21-22-18(17)4-3-5-20(22)25(30)29(21)2/h3-13H,2H3. The van der Waals surface area contributed by atoms with Gasteiger partial charge in [-0.25, -0.2) is 13.6 Å². The SMILES string of the molecule is [C-]#[N+]c1ccc(-c2ccc(-c3ccc4c5c(cccc35)C(=O)N4C)c(F)c2F)cc1. The number of amides is 1. The molecule has 0 fully saturated rings. The molecule has 1 aliphatic rings. The smallest absolute Gasteiger partial charge is 0.258 e. The van der Waals surface area contributed by atoms with Gasteiger partial charge in [-0.3, -0.25) is 4.79 Å². The van der Waals surface area contributed by atoms with Gasteiger partial charge in [0.1, 0.15) is 0 Å².